The molecule has 0 amide bonds. The average Bonchev–Trinajstić information content (AvgIpc) is 2.96. The van der Waals surface area contributed by atoms with Crippen LogP contribution in [0.25, 0.3) is 23.4 Å². The van der Waals surface area contributed by atoms with Crippen LogP contribution in [0.1, 0.15) is 16.1 Å². The first kappa shape index (κ1) is 14.1. The summed E-state index contributed by atoms with van der Waals surface area (Å²) in [4.78, 5) is 4.65. The number of hydrogen-bond acceptors (Lipinski definition) is 2. The molecule has 3 aromatic rings. The summed E-state index contributed by atoms with van der Waals surface area (Å²) in [7, 11) is 0. The van der Waals surface area contributed by atoms with Gasteiger partial charge in [0.15, 0.2) is 0 Å². The van der Waals surface area contributed by atoms with Crippen molar-refractivity contribution in [2.24, 2.45) is 0 Å². The molecule has 3 rings (SSSR count). The highest BCUT2D eigenvalue weighted by atomic mass is 35.5. The van der Waals surface area contributed by atoms with Gasteiger partial charge in [-0.3, -0.25) is 0 Å². The minimum absolute atomic E-state index is 0.753. The van der Waals surface area contributed by atoms with Gasteiger partial charge in [-0.05, 0) is 30.7 Å². The highest BCUT2D eigenvalue weighted by Crippen LogP contribution is 2.23. The molecule has 0 fully saturated rings. The van der Waals surface area contributed by atoms with Crippen molar-refractivity contribution in [1.29, 1.82) is 0 Å². The van der Waals surface area contributed by atoms with Gasteiger partial charge in [0.2, 0.25) is 0 Å². The van der Waals surface area contributed by atoms with E-state index < -0.39 is 0 Å². The Kier molecular flexibility index (Phi) is 4.18. The lowest BCUT2D eigenvalue weighted by atomic mass is 10.1. The largest absolute Gasteiger partial charge is 0.237 e. The topological polar surface area (TPSA) is 12.9 Å². The Hall–Kier alpha value is -1.90. The number of nitrogens with zero attached hydrogens (tertiary/aromatic N) is 1. The van der Waals surface area contributed by atoms with Crippen LogP contribution in [0.5, 0.6) is 0 Å². The summed E-state index contributed by atoms with van der Waals surface area (Å²) in [5.74, 6) is 0. The molecule has 0 unspecified atom stereocenters. The van der Waals surface area contributed by atoms with E-state index >= 15 is 0 Å². The van der Waals surface area contributed by atoms with Gasteiger partial charge < -0.3 is 0 Å². The molecule has 0 atom stereocenters. The third kappa shape index (κ3) is 3.60. The van der Waals surface area contributed by atoms with Crippen LogP contribution in [-0.2, 0) is 0 Å². The molecule has 1 aromatic heterocycles. The molecule has 21 heavy (non-hydrogen) atoms. The molecule has 1 heterocycles. The monoisotopic (exact) mass is 311 g/mol. The van der Waals surface area contributed by atoms with Gasteiger partial charge >= 0.3 is 0 Å². The smallest absolute Gasteiger partial charge is 0.116 e. The Balaban J connectivity index is 1.78. The number of rotatable bonds is 3. The maximum absolute atomic E-state index is 5.88. The van der Waals surface area contributed by atoms with Crippen LogP contribution >= 0.6 is 22.9 Å². The summed E-state index contributed by atoms with van der Waals surface area (Å²) in [6, 6.07) is 16.2. The molecule has 0 N–H and O–H groups in total. The zero-order valence-electron chi connectivity index (χ0n) is 11.6. The van der Waals surface area contributed by atoms with Crippen molar-refractivity contribution >= 4 is 35.1 Å². The van der Waals surface area contributed by atoms with Crippen molar-refractivity contribution in [3.63, 3.8) is 0 Å². The fourth-order valence-corrected chi connectivity index (χ4v) is 2.81. The van der Waals surface area contributed by atoms with E-state index in [-0.39, 0.29) is 0 Å². The molecule has 0 bridgehead atoms. The third-order valence-electron chi connectivity index (χ3n) is 3.16. The summed E-state index contributed by atoms with van der Waals surface area (Å²) in [6.07, 6.45) is 4.08. The fourth-order valence-electron chi connectivity index (χ4n) is 1.96. The summed E-state index contributed by atoms with van der Waals surface area (Å²) in [5.41, 5.74) is 4.56. The number of aryl methyl sites for hydroxylation is 1. The number of benzene rings is 2. The lowest BCUT2D eigenvalue weighted by molar-refractivity contribution is 1.37. The van der Waals surface area contributed by atoms with E-state index in [1.54, 1.807) is 11.3 Å². The van der Waals surface area contributed by atoms with Crippen LogP contribution in [0.3, 0.4) is 0 Å². The molecule has 104 valence electrons. The Morgan fingerprint density at radius 2 is 1.67 bits per heavy atom. The van der Waals surface area contributed by atoms with Crippen molar-refractivity contribution in [3.8, 4) is 11.3 Å². The summed E-state index contributed by atoms with van der Waals surface area (Å²) in [6.45, 7) is 2.09. The Bertz CT molecular complexity index is 755. The Labute approximate surface area is 133 Å². The molecule has 0 aliphatic rings. The first-order chi connectivity index (χ1) is 10.2. The number of hydrogen-bond donors (Lipinski definition) is 0. The van der Waals surface area contributed by atoms with Crippen LogP contribution in [0.4, 0.5) is 0 Å². The van der Waals surface area contributed by atoms with Gasteiger partial charge in [0, 0.05) is 16.0 Å². The highest BCUT2D eigenvalue weighted by molar-refractivity contribution is 7.10. The van der Waals surface area contributed by atoms with E-state index in [9.17, 15) is 0 Å². The molecule has 3 heteroatoms. The van der Waals surface area contributed by atoms with Crippen LogP contribution in [-0.4, -0.2) is 4.98 Å². The second kappa shape index (κ2) is 6.25. The second-order valence-corrected chi connectivity index (χ2v) is 6.15. The minimum Gasteiger partial charge on any atom is -0.237 e. The molecular weight excluding hydrogens is 298 g/mol. The van der Waals surface area contributed by atoms with Crippen molar-refractivity contribution in [1.82, 2.24) is 4.98 Å². The van der Waals surface area contributed by atoms with Crippen molar-refractivity contribution in [3.05, 3.63) is 75.1 Å². The first-order valence-corrected chi connectivity index (χ1v) is 7.93. The highest BCUT2D eigenvalue weighted by Gasteiger charge is 2.02. The third-order valence-corrected chi connectivity index (χ3v) is 4.22. The van der Waals surface area contributed by atoms with Crippen molar-refractivity contribution in [2.75, 3.05) is 0 Å². The minimum atomic E-state index is 0.753. The maximum Gasteiger partial charge on any atom is 0.116 e. The van der Waals surface area contributed by atoms with Gasteiger partial charge in [-0.25, -0.2) is 4.98 Å². The molecule has 0 aliphatic heterocycles. The molecular formula is C18H14ClNS. The maximum atomic E-state index is 5.88. The quantitative estimate of drug-likeness (QED) is 0.583. The molecule has 0 saturated heterocycles. The summed E-state index contributed by atoms with van der Waals surface area (Å²) < 4.78 is 0. The lowest BCUT2D eigenvalue weighted by Gasteiger charge is -1.96. The van der Waals surface area contributed by atoms with E-state index in [0.717, 1.165) is 26.9 Å². The van der Waals surface area contributed by atoms with E-state index in [1.807, 2.05) is 36.4 Å². The first-order valence-electron chi connectivity index (χ1n) is 6.67. The second-order valence-electron chi connectivity index (χ2n) is 4.82. The van der Waals surface area contributed by atoms with Crippen LogP contribution in [0.2, 0.25) is 5.02 Å². The SMILES string of the molecule is Cc1ccc(-c2csc(/C=C/c3ccc(Cl)cc3)n2)cc1. The zero-order valence-corrected chi connectivity index (χ0v) is 13.2. The molecule has 2 aromatic carbocycles. The average molecular weight is 312 g/mol. The van der Waals surface area contributed by atoms with Crippen molar-refractivity contribution in [2.45, 2.75) is 6.92 Å². The van der Waals surface area contributed by atoms with Gasteiger partial charge in [0.1, 0.15) is 5.01 Å². The van der Waals surface area contributed by atoms with Crippen LogP contribution in [0.15, 0.2) is 53.9 Å². The van der Waals surface area contributed by atoms with Crippen LogP contribution < -0.4 is 0 Å². The zero-order chi connectivity index (χ0) is 14.7. The number of aromatic nitrogens is 1. The van der Waals surface area contributed by atoms with Gasteiger partial charge in [0.05, 0.1) is 5.69 Å². The Morgan fingerprint density at radius 1 is 0.952 bits per heavy atom. The van der Waals surface area contributed by atoms with Crippen LogP contribution in [0, 0.1) is 6.92 Å². The molecule has 0 saturated carbocycles. The fraction of sp³-hybridized carbons (Fsp3) is 0.0556. The number of halogens is 1. The summed E-state index contributed by atoms with van der Waals surface area (Å²) >= 11 is 7.52. The summed E-state index contributed by atoms with van der Waals surface area (Å²) in [5, 5.41) is 3.84. The van der Waals surface area contributed by atoms with E-state index in [0.29, 0.717) is 0 Å². The van der Waals surface area contributed by atoms with Gasteiger partial charge in [-0.1, -0.05) is 59.6 Å². The molecule has 0 radical (unpaired) electrons. The standard InChI is InChI=1S/C18H14ClNS/c1-13-2-7-15(8-3-13)17-12-21-18(20-17)11-6-14-4-9-16(19)10-5-14/h2-12H,1H3/b11-6+. The normalized spacial score (nSPS) is 11.1. The molecule has 0 aliphatic carbocycles. The van der Waals surface area contributed by atoms with E-state index in [2.05, 4.69) is 41.6 Å². The molecule has 1 nitrogen and oxygen atoms in total. The van der Waals surface area contributed by atoms with E-state index in [1.165, 1.54) is 5.56 Å². The predicted molar refractivity (Wildman–Crippen MR) is 92.7 cm³/mol. The van der Waals surface area contributed by atoms with Gasteiger partial charge in [-0.15, -0.1) is 11.3 Å². The van der Waals surface area contributed by atoms with Crippen molar-refractivity contribution < 1.29 is 0 Å². The Morgan fingerprint density at radius 3 is 2.38 bits per heavy atom. The van der Waals surface area contributed by atoms with Gasteiger partial charge in [-0.2, -0.15) is 0 Å². The predicted octanol–water partition coefficient (Wildman–Crippen LogP) is 5.94. The van der Waals surface area contributed by atoms with Gasteiger partial charge in [0.25, 0.3) is 0 Å². The lowest BCUT2D eigenvalue weighted by Crippen LogP contribution is -1.79. The molecule has 0 spiro atoms. The number of thiazole rings is 1. The van der Waals surface area contributed by atoms with E-state index in [4.69, 9.17) is 11.6 Å².